The maximum Gasteiger partial charge on any atom is 0.427 e. The highest BCUT2D eigenvalue weighted by Crippen LogP contribution is 2.35. The molecule has 0 aromatic rings. The highest BCUT2D eigenvalue weighted by molar-refractivity contribution is 5.23. The summed E-state index contributed by atoms with van der Waals surface area (Å²) < 4.78 is 56.2. The van der Waals surface area contributed by atoms with E-state index in [4.69, 9.17) is 4.74 Å². The van der Waals surface area contributed by atoms with Gasteiger partial charge in [0.1, 0.15) is 5.76 Å². The first-order valence-corrected chi connectivity index (χ1v) is 7.11. The van der Waals surface area contributed by atoms with Gasteiger partial charge in [-0.25, -0.2) is 4.39 Å². The lowest BCUT2D eigenvalue weighted by Crippen LogP contribution is -2.41. The van der Waals surface area contributed by atoms with Gasteiger partial charge in [0.2, 0.25) is 0 Å². The van der Waals surface area contributed by atoms with Gasteiger partial charge >= 0.3 is 6.18 Å². The summed E-state index contributed by atoms with van der Waals surface area (Å²) in [5.41, 5.74) is -1.78. The molecule has 1 unspecified atom stereocenters. The lowest BCUT2D eigenvalue weighted by molar-refractivity contribution is -0.250. The minimum absolute atomic E-state index is 0.150. The fourth-order valence-corrected chi connectivity index (χ4v) is 1.63. The van der Waals surface area contributed by atoms with Crippen molar-refractivity contribution in [2.24, 2.45) is 11.0 Å². The van der Waals surface area contributed by atoms with Gasteiger partial charge in [0.25, 0.3) is 0 Å². The molecule has 0 bridgehead atoms. The highest BCUT2D eigenvalue weighted by Gasteiger charge is 2.50. The fourth-order valence-electron chi connectivity index (χ4n) is 1.63. The number of rotatable bonds is 9. The molecule has 0 spiro atoms. The van der Waals surface area contributed by atoms with E-state index in [1.54, 1.807) is 7.05 Å². The van der Waals surface area contributed by atoms with E-state index in [1.165, 1.54) is 11.1 Å². The third-order valence-electron chi connectivity index (χ3n) is 3.37. The predicted molar refractivity (Wildman–Crippen MR) is 84.4 cm³/mol. The van der Waals surface area contributed by atoms with E-state index < -0.39 is 11.8 Å². The van der Waals surface area contributed by atoms with Crippen LogP contribution in [0.15, 0.2) is 41.6 Å². The molecule has 0 aliphatic heterocycles. The van der Waals surface area contributed by atoms with Crippen molar-refractivity contribution in [1.29, 1.82) is 0 Å². The summed E-state index contributed by atoms with van der Waals surface area (Å²) in [4.78, 5) is 0. The maximum atomic E-state index is 12.9. The summed E-state index contributed by atoms with van der Waals surface area (Å²) in [6.07, 6.45) is -1.04. The number of alkyl halides is 3. The molecule has 132 valence electrons. The Morgan fingerprint density at radius 3 is 2.30 bits per heavy atom. The molecule has 0 N–H and O–H groups in total. The first-order chi connectivity index (χ1) is 10.5. The number of ether oxygens (including phenoxy) is 1. The molecular formula is C16H24F4N2O. The molecule has 0 aliphatic carbocycles. The second kappa shape index (κ2) is 8.74. The molecule has 0 fully saturated rings. The van der Waals surface area contributed by atoms with Gasteiger partial charge in [-0.05, 0) is 38.7 Å². The Kier molecular flexibility index (Phi) is 8.06. The minimum Gasteiger partial charge on any atom is -0.479 e. The van der Waals surface area contributed by atoms with Crippen LogP contribution in [0.1, 0.15) is 33.6 Å². The van der Waals surface area contributed by atoms with Gasteiger partial charge in [-0.1, -0.05) is 13.5 Å². The van der Waals surface area contributed by atoms with Crippen LogP contribution in [0.3, 0.4) is 0 Å². The summed E-state index contributed by atoms with van der Waals surface area (Å²) >= 11 is 0. The number of hydrogen-bond acceptors (Lipinski definition) is 3. The molecule has 0 aliphatic rings. The van der Waals surface area contributed by atoms with Crippen molar-refractivity contribution in [3.8, 4) is 0 Å². The van der Waals surface area contributed by atoms with Crippen molar-refractivity contribution in [1.82, 2.24) is 5.01 Å². The Morgan fingerprint density at radius 1 is 1.35 bits per heavy atom. The highest BCUT2D eigenvalue weighted by atomic mass is 19.4. The van der Waals surface area contributed by atoms with Gasteiger partial charge in [-0.15, -0.1) is 0 Å². The average Bonchev–Trinajstić information content (AvgIpc) is 2.43. The van der Waals surface area contributed by atoms with E-state index >= 15 is 0 Å². The molecular weight excluding hydrogens is 312 g/mol. The molecule has 23 heavy (non-hydrogen) atoms. The molecule has 0 aromatic heterocycles. The number of hydrogen-bond donors (Lipinski definition) is 0. The van der Waals surface area contributed by atoms with Crippen molar-refractivity contribution in [2.75, 3.05) is 7.05 Å². The van der Waals surface area contributed by atoms with Crippen LogP contribution in [0.5, 0.6) is 0 Å². The zero-order valence-corrected chi connectivity index (χ0v) is 14.0. The first kappa shape index (κ1) is 21.2. The van der Waals surface area contributed by atoms with E-state index in [1.807, 2.05) is 6.92 Å². The summed E-state index contributed by atoms with van der Waals surface area (Å²) in [5, 5.41) is 5.17. The van der Waals surface area contributed by atoms with Gasteiger partial charge < -0.3 is 4.74 Å². The fraction of sp³-hybridized carbons (Fsp3) is 0.562. The van der Waals surface area contributed by atoms with Gasteiger partial charge in [-0.2, -0.15) is 18.3 Å². The van der Waals surface area contributed by atoms with E-state index in [0.717, 1.165) is 19.9 Å². The summed E-state index contributed by atoms with van der Waals surface area (Å²) in [5.74, 6) is -0.356. The zero-order chi connectivity index (χ0) is 18.3. The van der Waals surface area contributed by atoms with Crippen LogP contribution >= 0.6 is 0 Å². The zero-order valence-electron chi connectivity index (χ0n) is 14.0. The molecule has 0 aromatic carbocycles. The van der Waals surface area contributed by atoms with Gasteiger partial charge in [0, 0.05) is 25.5 Å². The molecule has 0 rings (SSSR count). The van der Waals surface area contributed by atoms with Crippen molar-refractivity contribution in [3.05, 3.63) is 36.5 Å². The molecule has 0 heterocycles. The number of hydrazone groups is 1. The van der Waals surface area contributed by atoms with Crippen molar-refractivity contribution in [3.63, 3.8) is 0 Å². The summed E-state index contributed by atoms with van der Waals surface area (Å²) in [7, 11) is 1.66. The average molecular weight is 336 g/mol. The Morgan fingerprint density at radius 2 is 1.91 bits per heavy atom. The van der Waals surface area contributed by atoms with Crippen LogP contribution in [-0.4, -0.2) is 30.6 Å². The molecule has 3 nitrogen and oxygen atoms in total. The van der Waals surface area contributed by atoms with Crippen LogP contribution in [0.4, 0.5) is 17.6 Å². The largest absolute Gasteiger partial charge is 0.479 e. The van der Waals surface area contributed by atoms with Crippen LogP contribution in [-0.2, 0) is 4.74 Å². The third kappa shape index (κ3) is 6.88. The van der Waals surface area contributed by atoms with Crippen molar-refractivity contribution >= 4 is 6.72 Å². The lowest BCUT2D eigenvalue weighted by atomic mass is 9.99. The molecule has 7 heteroatoms. The van der Waals surface area contributed by atoms with Crippen LogP contribution in [0.25, 0.3) is 0 Å². The Balaban J connectivity index is 5.29. The second-order valence-corrected chi connectivity index (χ2v) is 5.58. The lowest BCUT2D eigenvalue weighted by Gasteiger charge is -2.30. The van der Waals surface area contributed by atoms with Gasteiger partial charge in [0.15, 0.2) is 5.60 Å². The smallest absolute Gasteiger partial charge is 0.427 e. The van der Waals surface area contributed by atoms with Gasteiger partial charge in [-0.3, -0.25) is 5.01 Å². The second-order valence-electron chi connectivity index (χ2n) is 5.58. The quantitative estimate of drug-likeness (QED) is 0.190. The van der Waals surface area contributed by atoms with E-state index in [2.05, 4.69) is 18.4 Å². The van der Waals surface area contributed by atoms with E-state index in [-0.39, 0.29) is 18.0 Å². The number of halogens is 4. The minimum atomic E-state index is -4.57. The van der Waals surface area contributed by atoms with E-state index in [0.29, 0.717) is 18.5 Å². The topological polar surface area (TPSA) is 24.8 Å². The summed E-state index contributed by atoms with van der Waals surface area (Å²) in [6.45, 7) is 10.8. The summed E-state index contributed by atoms with van der Waals surface area (Å²) in [6, 6.07) is 0. The molecule has 0 radical (unpaired) electrons. The Hall–Kier alpha value is -1.79. The van der Waals surface area contributed by atoms with Crippen molar-refractivity contribution in [2.45, 2.75) is 45.4 Å². The molecule has 0 saturated carbocycles. The molecule has 0 saturated heterocycles. The van der Waals surface area contributed by atoms with Crippen LogP contribution in [0.2, 0.25) is 0 Å². The van der Waals surface area contributed by atoms with Crippen LogP contribution in [0, 0.1) is 5.92 Å². The first-order valence-electron chi connectivity index (χ1n) is 7.11. The monoisotopic (exact) mass is 336 g/mol. The Labute approximate surface area is 135 Å². The van der Waals surface area contributed by atoms with Crippen LogP contribution < -0.4 is 0 Å². The normalized spacial score (nSPS) is 14.7. The third-order valence-corrected chi connectivity index (χ3v) is 3.37. The van der Waals surface area contributed by atoms with E-state index in [9.17, 15) is 17.6 Å². The molecule has 0 amide bonds. The maximum absolute atomic E-state index is 12.9. The Bertz CT molecular complexity index is 467. The predicted octanol–water partition coefficient (Wildman–Crippen LogP) is 5.19. The standard InChI is InChI=1S/C16H24F4N2O/c1-7-13(10-12(2)22(6)21-5)11-14(8-9-17)23-15(3,4)16(18,19)20/h8-9,11,13H,2,5,7,10H2,1,3-4,6H3/b9-8+,14-11+. The SMILES string of the molecule is C=NN(C)C(=C)CC(/C=C(\C=C\F)OC(C)(C)C(F)(F)F)CC. The number of allylic oxidation sites excluding steroid dienone is 3. The number of nitrogens with zero attached hydrogens (tertiary/aromatic N) is 2. The molecule has 1 atom stereocenters. The van der Waals surface area contributed by atoms with Gasteiger partial charge in [0.05, 0.1) is 6.33 Å². The van der Waals surface area contributed by atoms with Crippen molar-refractivity contribution < 1.29 is 22.3 Å².